The smallest absolute Gasteiger partial charge is 0.265 e. The number of fused-ring (bicyclic) bond motifs is 1. The molecular weight excluding hydrogens is 306 g/mol. The van der Waals surface area contributed by atoms with Crippen LogP contribution in [-0.4, -0.2) is 35.1 Å². The van der Waals surface area contributed by atoms with Gasteiger partial charge in [0.15, 0.2) is 0 Å². The minimum atomic E-state index is -0.0797. The van der Waals surface area contributed by atoms with Gasteiger partial charge < -0.3 is 10.0 Å². The van der Waals surface area contributed by atoms with Crippen LogP contribution in [0.25, 0.3) is 10.1 Å². The zero-order chi connectivity index (χ0) is 15.4. The first-order valence-corrected chi connectivity index (χ1v) is 8.42. The molecule has 1 N–H and O–H groups in total. The molecule has 3 nitrogen and oxygen atoms in total. The van der Waals surface area contributed by atoms with Crippen LogP contribution in [0.5, 0.6) is 0 Å². The van der Waals surface area contributed by atoms with E-state index in [1.165, 1.54) is 11.3 Å². The van der Waals surface area contributed by atoms with E-state index in [0.29, 0.717) is 16.4 Å². The minimum absolute atomic E-state index is 0.0370. The Morgan fingerprint density at radius 1 is 1.33 bits per heavy atom. The lowest BCUT2D eigenvalue weighted by atomic mass is 10.1. The summed E-state index contributed by atoms with van der Waals surface area (Å²) in [6.45, 7) is 4.41. The van der Waals surface area contributed by atoms with Crippen LogP contribution in [0.3, 0.4) is 0 Å². The first-order chi connectivity index (χ1) is 10.1. The normalized spacial score (nSPS) is 11.3. The first kappa shape index (κ1) is 16.3. The van der Waals surface area contributed by atoms with Gasteiger partial charge in [-0.05, 0) is 18.9 Å². The third kappa shape index (κ3) is 3.23. The molecule has 0 bridgehead atoms. The predicted octanol–water partition coefficient (Wildman–Crippen LogP) is 4.18. The molecule has 0 saturated heterocycles. The number of carbonyl (C=O) groups is 1. The summed E-state index contributed by atoms with van der Waals surface area (Å²) in [5, 5.41) is 10.7. The Bertz CT molecular complexity index is 622. The lowest BCUT2D eigenvalue weighted by Gasteiger charge is -2.29. The number of halogens is 1. The highest BCUT2D eigenvalue weighted by Crippen LogP contribution is 2.36. The van der Waals surface area contributed by atoms with Crippen molar-refractivity contribution >= 4 is 38.9 Å². The third-order valence-electron chi connectivity index (χ3n) is 3.71. The van der Waals surface area contributed by atoms with Crippen LogP contribution in [0.1, 0.15) is 36.4 Å². The first-order valence-electron chi connectivity index (χ1n) is 7.22. The van der Waals surface area contributed by atoms with Crippen molar-refractivity contribution in [3.63, 3.8) is 0 Å². The number of rotatable bonds is 6. The standard InChI is InChI=1S/C16H20ClNO2S/c1-3-11(4-2)18(9-10-19)16(20)15-14(17)12-7-5-6-8-13(12)21-15/h5-8,11,19H,3-4,9-10H2,1-2H3. The van der Waals surface area contributed by atoms with Crippen molar-refractivity contribution in [1.29, 1.82) is 0 Å². The van der Waals surface area contributed by atoms with Gasteiger partial charge in [0.25, 0.3) is 5.91 Å². The molecule has 1 heterocycles. The zero-order valence-corrected chi connectivity index (χ0v) is 13.9. The summed E-state index contributed by atoms with van der Waals surface area (Å²) in [5.74, 6) is -0.0797. The van der Waals surface area contributed by atoms with E-state index in [0.717, 1.165) is 22.9 Å². The fraction of sp³-hybridized carbons (Fsp3) is 0.438. The molecule has 0 radical (unpaired) electrons. The maximum atomic E-state index is 12.8. The molecule has 2 rings (SSSR count). The number of carbonyl (C=O) groups excluding carboxylic acids is 1. The van der Waals surface area contributed by atoms with Gasteiger partial charge in [0.1, 0.15) is 4.88 Å². The molecule has 0 spiro atoms. The van der Waals surface area contributed by atoms with E-state index in [1.807, 2.05) is 24.3 Å². The van der Waals surface area contributed by atoms with Gasteiger partial charge in [0.2, 0.25) is 0 Å². The van der Waals surface area contributed by atoms with Gasteiger partial charge in [0.05, 0.1) is 11.6 Å². The summed E-state index contributed by atoms with van der Waals surface area (Å²) in [6, 6.07) is 7.89. The molecule has 2 aromatic rings. The minimum Gasteiger partial charge on any atom is -0.395 e. The van der Waals surface area contributed by atoms with Crippen molar-refractivity contribution in [3.8, 4) is 0 Å². The van der Waals surface area contributed by atoms with E-state index in [1.54, 1.807) is 4.90 Å². The van der Waals surface area contributed by atoms with Gasteiger partial charge in [-0.3, -0.25) is 4.79 Å². The molecule has 114 valence electrons. The summed E-state index contributed by atoms with van der Waals surface area (Å²) < 4.78 is 1.01. The molecule has 0 unspecified atom stereocenters. The largest absolute Gasteiger partial charge is 0.395 e. The Morgan fingerprint density at radius 3 is 2.57 bits per heavy atom. The Hall–Kier alpha value is -1.10. The van der Waals surface area contributed by atoms with Crippen molar-refractivity contribution in [2.75, 3.05) is 13.2 Å². The maximum absolute atomic E-state index is 12.8. The van der Waals surface area contributed by atoms with Crippen LogP contribution in [0.2, 0.25) is 5.02 Å². The molecule has 0 atom stereocenters. The number of hydrogen-bond acceptors (Lipinski definition) is 3. The Kier molecular flexibility index (Phi) is 5.62. The second kappa shape index (κ2) is 7.25. The molecule has 0 saturated carbocycles. The van der Waals surface area contributed by atoms with Gasteiger partial charge in [0, 0.05) is 22.7 Å². The van der Waals surface area contributed by atoms with Crippen molar-refractivity contribution in [1.82, 2.24) is 4.90 Å². The molecule has 0 aliphatic heterocycles. The fourth-order valence-electron chi connectivity index (χ4n) is 2.57. The van der Waals surface area contributed by atoms with Crippen LogP contribution in [-0.2, 0) is 0 Å². The second-order valence-electron chi connectivity index (χ2n) is 4.93. The second-order valence-corrected chi connectivity index (χ2v) is 6.36. The molecular formula is C16H20ClNO2S. The highest BCUT2D eigenvalue weighted by atomic mass is 35.5. The summed E-state index contributed by atoms with van der Waals surface area (Å²) in [6.07, 6.45) is 1.73. The number of nitrogens with zero attached hydrogens (tertiary/aromatic N) is 1. The number of thiophene rings is 1. The van der Waals surface area contributed by atoms with Crippen LogP contribution in [0.4, 0.5) is 0 Å². The van der Waals surface area contributed by atoms with Crippen molar-refractivity contribution in [3.05, 3.63) is 34.2 Å². The molecule has 21 heavy (non-hydrogen) atoms. The summed E-state index contributed by atoms with van der Waals surface area (Å²) in [7, 11) is 0. The quantitative estimate of drug-likeness (QED) is 0.865. The Balaban J connectivity index is 2.40. The van der Waals surface area contributed by atoms with E-state index >= 15 is 0 Å². The van der Waals surface area contributed by atoms with Crippen molar-refractivity contribution in [2.45, 2.75) is 32.7 Å². The van der Waals surface area contributed by atoms with Gasteiger partial charge in [-0.25, -0.2) is 0 Å². The van der Waals surface area contributed by atoms with Gasteiger partial charge >= 0.3 is 0 Å². The lowest BCUT2D eigenvalue weighted by molar-refractivity contribution is 0.0627. The molecule has 0 fully saturated rings. The van der Waals surface area contributed by atoms with E-state index in [4.69, 9.17) is 11.6 Å². The van der Waals surface area contributed by atoms with Crippen molar-refractivity contribution in [2.24, 2.45) is 0 Å². The number of aliphatic hydroxyl groups excluding tert-OH is 1. The van der Waals surface area contributed by atoms with E-state index in [-0.39, 0.29) is 18.6 Å². The van der Waals surface area contributed by atoms with E-state index in [9.17, 15) is 9.90 Å². The average Bonchev–Trinajstić information content (AvgIpc) is 2.84. The highest BCUT2D eigenvalue weighted by molar-refractivity contribution is 7.21. The van der Waals surface area contributed by atoms with Crippen LogP contribution in [0, 0.1) is 0 Å². The molecule has 0 aliphatic carbocycles. The maximum Gasteiger partial charge on any atom is 0.265 e. The molecule has 1 aromatic heterocycles. The van der Waals surface area contributed by atoms with E-state index in [2.05, 4.69) is 13.8 Å². The third-order valence-corrected chi connectivity index (χ3v) is 5.38. The summed E-state index contributed by atoms with van der Waals surface area (Å²) >= 11 is 7.81. The van der Waals surface area contributed by atoms with Gasteiger partial charge in [-0.1, -0.05) is 43.6 Å². The fourth-order valence-corrected chi connectivity index (χ4v) is 4.04. The highest BCUT2D eigenvalue weighted by Gasteiger charge is 2.26. The number of aliphatic hydroxyl groups is 1. The summed E-state index contributed by atoms with van der Waals surface area (Å²) in [5.41, 5.74) is 0. The average molecular weight is 326 g/mol. The number of hydrogen-bond donors (Lipinski definition) is 1. The Morgan fingerprint density at radius 2 is 2.00 bits per heavy atom. The van der Waals surface area contributed by atoms with Gasteiger partial charge in [-0.15, -0.1) is 11.3 Å². The van der Waals surface area contributed by atoms with Crippen LogP contribution < -0.4 is 0 Å². The van der Waals surface area contributed by atoms with Crippen LogP contribution in [0.15, 0.2) is 24.3 Å². The monoisotopic (exact) mass is 325 g/mol. The Labute approximate surface area is 134 Å². The number of benzene rings is 1. The number of amides is 1. The lowest BCUT2D eigenvalue weighted by Crippen LogP contribution is -2.41. The summed E-state index contributed by atoms with van der Waals surface area (Å²) in [4.78, 5) is 15.1. The molecule has 1 amide bonds. The van der Waals surface area contributed by atoms with Crippen molar-refractivity contribution < 1.29 is 9.90 Å². The SMILES string of the molecule is CCC(CC)N(CCO)C(=O)c1sc2ccccc2c1Cl. The zero-order valence-electron chi connectivity index (χ0n) is 12.3. The van der Waals surface area contributed by atoms with E-state index < -0.39 is 0 Å². The molecule has 0 aliphatic rings. The topological polar surface area (TPSA) is 40.5 Å². The van der Waals surface area contributed by atoms with Crippen LogP contribution >= 0.6 is 22.9 Å². The van der Waals surface area contributed by atoms with Gasteiger partial charge in [-0.2, -0.15) is 0 Å². The predicted molar refractivity (Wildman–Crippen MR) is 89.3 cm³/mol. The molecule has 1 aromatic carbocycles. The molecule has 5 heteroatoms.